The topological polar surface area (TPSA) is 85.3 Å². The first-order chi connectivity index (χ1) is 13.9. The van der Waals surface area contributed by atoms with Gasteiger partial charge in [0.1, 0.15) is 5.82 Å². The molecular weight excluding hydrogens is 368 g/mol. The predicted molar refractivity (Wildman–Crippen MR) is 114 cm³/mol. The van der Waals surface area contributed by atoms with Crippen LogP contribution in [0.3, 0.4) is 0 Å². The summed E-state index contributed by atoms with van der Waals surface area (Å²) in [5, 5.41) is 12.5. The summed E-state index contributed by atoms with van der Waals surface area (Å²) < 4.78 is 5.31. The number of nitrogens with one attached hydrogen (secondary N) is 1. The first-order valence-corrected chi connectivity index (χ1v) is 10.5. The molecular formula is C20H34N8O. The van der Waals surface area contributed by atoms with Crippen molar-refractivity contribution in [1.82, 2.24) is 34.3 Å². The van der Waals surface area contributed by atoms with Gasteiger partial charge in [0.25, 0.3) is 0 Å². The van der Waals surface area contributed by atoms with Crippen LogP contribution in [0.4, 0.5) is 0 Å². The van der Waals surface area contributed by atoms with E-state index in [0.29, 0.717) is 12.5 Å². The number of guanidine groups is 1. The van der Waals surface area contributed by atoms with Gasteiger partial charge in [-0.25, -0.2) is 9.48 Å². The third kappa shape index (κ3) is 4.89. The summed E-state index contributed by atoms with van der Waals surface area (Å²) in [4.78, 5) is 18.9. The number of nitrogens with zero attached hydrogens (tertiary/aromatic N) is 7. The number of aromatic nitrogens is 5. The number of aliphatic imine (C=N–C) groups is 1. The van der Waals surface area contributed by atoms with Crippen molar-refractivity contribution >= 4 is 5.96 Å². The molecule has 3 heterocycles. The molecule has 1 N–H and O–H groups in total. The quantitative estimate of drug-likeness (QED) is 0.429. The summed E-state index contributed by atoms with van der Waals surface area (Å²) in [7, 11) is 5.78. The van der Waals surface area contributed by atoms with Crippen LogP contribution in [0.1, 0.15) is 56.1 Å². The smallest absolute Gasteiger partial charge is 0.345 e. The van der Waals surface area contributed by atoms with E-state index in [-0.39, 0.29) is 5.69 Å². The lowest BCUT2D eigenvalue weighted by Gasteiger charge is -2.22. The molecule has 29 heavy (non-hydrogen) atoms. The Labute approximate surface area is 172 Å². The minimum Gasteiger partial charge on any atom is -0.356 e. The van der Waals surface area contributed by atoms with Crippen molar-refractivity contribution in [2.24, 2.45) is 12.0 Å². The van der Waals surface area contributed by atoms with Crippen molar-refractivity contribution in [2.75, 3.05) is 20.6 Å². The van der Waals surface area contributed by atoms with Crippen LogP contribution in [0.5, 0.6) is 0 Å². The average Bonchev–Trinajstić information content (AvgIpc) is 3.22. The van der Waals surface area contributed by atoms with Gasteiger partial charge in [0.05, 0.1) is 5.69 Å². The van der Waals surface area contributed by atoms with Crippen molar-refractivity contribution in [1.29, 1.82) is 0 Å². The summed E-state index contributed by atoms with van der Waals surface area (Å²) in [6.45, 7) is 7.22. The number of hydrogen-bond donors (Lipinski definition) is 1. The van der Waals surface area contributed by atoms with Gasteiger partial charge in [0.2, 0.25) is 0 Å². The predicted octanol–water partition coefficient (Wildman–Crippen LogP) is 1.34. The van der Waals surface area contributed by atoms with Crippen molar-refractivity contribution < 1.29 is 0 Å². The lowest BCUT2D eigenvalue weighted by atomic mass is 10.1. The zero-order chi connectivity index (χ0) is 21.0. The molecule has 1 aliphatic heterocycles. The highest BCUT2D eigenvalue weighted by molar-refractivity contribution is 5.79. The number of rotatable bonds is 7. The second-order valence-electron chi connectivity index (χ2n) is 8.08. The molecule has 0 fully saturated rings. The molecule has 1 aliphatic rings. The van der Waals surface area contributed by atoms with Crippen LogP contribution in [-0.2, 0) is 33.1 Å². The Bertz CT molecular complexity index is 904. The third-order valence-corrected chi connectivity index (χ3v) is 5.33. The molecule has 0 amide bonds. The maximum Gasteiger partial charge on any atom is 0.345 e. The fourth-order valence-corrected chi connectivity index (χ4v) is 3.90. The second kappa shape index (κ2) is 9.28. The second-order valence-corrected chi connectivity index (χ2v) is 8.08. The Morgan fingerprint density at radius 3 is 2.83 bits per heavy atom. The van der Waals surface area contributed by atoms with Gasteiger partial charge >= 0.3 is 5.69 Å². The summed E-state index contributed by atoms with van der Waals surface area (Å²) in [6, 6.07) is 0. The molecule has 0 radical (unpaired) electrons. The van der Waals surface area contributed by atoms with Gasteiger partial charge < -0.3 is 10.2 Å². The minimum absolute atomic E-state index is 0.0268. The molecule has 2 aromatic heterocycles. The fourth-order valence-electron chi connectivity index (χ4n) is 3.90. The maximum absolute atomic E-state index is 12.4. The molecule has 0 spiro atoms. The molecule has 160 valence electrons. The molecule has 0 unspecified atom stereocenters. The van der Waals surface area contributed by atoms with Gasteiger partial charge in [-0.15, -0.1) is 0 Å². The standard InChI is InChI=1S/C20H34N8O/c1-15(2)18-16(14-26(5)24-18)13-25(4)19(21-3)22-10-8-12-28-20(29)27-11-7-6-9-17(27)23-28/h14-15H,6-13H2,1-5H3,(H,21,22). The zero-order valence-corrected chi connectivity index (χ0v) is 18.4. The van der Waals surface area contributed by atoms with Crippen molar-refractivity contribution in [2.45, 2.75) is 65.1 Å². The highest BCUT2D eigenvalue weighted by atomic mass is 16.2. The maximum atomic E-state index is 12.4. The highest BCUT2D eigenvalue weighted by Gasteiger charge is 2.17. The van der Waals surface area contributed by atoms with E-state index in [1.807, 2.05) is 23.3 Å². The van der Waals surface area contributed by atoms with E-state index < -0.39 is 0 Å². The first kappa shape index (κ1) is 21.1. The highest BCUT2D eigenvalue weighted by Crippen LogP contribution is 2.18. The van der Waals surface area contributed by atoms with Gasteiger partial charge in [-0.1, -0.05) is 13.8 Å². The van der Waals surface area contributed by atoms with E-state index >= 15 is 0 Å². The molecule has 0 saturated carbocycles. The van der Waals surface area contributed by atoms with Gasteiger partial charge in [-0.3, -0.25) is 14.2 Å². The zero-order valence-electron chi connectivity index (χ0n) is 18.4. The lowest BCUT2D eigenvalue weighted by molar-refractivity contribution is 0.466. The van der Waals surface area contributed by atoms with Gasteiger partial charge in [0.15, 0.2) is 5.96 Å². The summed E-state index contributed by atoms with van der Waals surface area (Å²) in [6.07, 6.45) is 5.98. The van der Waals surface area contributed by atoms with E-state index in [2.05, 4.69) is 45.5 Å². The van der Waals surface area contributed by atoms with Crippen LogP contribution in [0.2, 0.25) is 0 Å². The third-order valence-electron chi connectivity index (χ3n) is 5.33. The Morgan fingerprint density at radius 1 is 1.34 bits per heavy atom. The number of hydrogen-bond acceptors (Lipinski definition) is 4. The van der Waals surface area contributed by atoms with Crippen molar-refractivity contribution in [3.63, 3.8) is 0 Å². The normalized spacial score (nSPS) is 14.3. The van der Waals surface area contributed by atoms with E-state index in [0.717, 1.165) is 62.8 Å². The molecule has 3 rings (SSSR count). The van der Waals surface area contributed by atoms with E-state index in [9.17, 15) is 4.79 Å². The summed E-state index contributed by atoms with van der Waals surface area (Å²) in [5.41, 5.74) is 2.36. The van der Waals surface area contributed by atoms with Gasteiger partial charge in [-0.05, 0) is 25.2 Å². The van der Waals surface area contributed by atoms with Crippen LogP contribution in [0.25, 0.3) is 0 Å². The van der Waals surface area contributed by atoms with E-state index in [4.69, 9.17) is 0 Å². The monoisotopic (exact) mass is 402 g/mol. The lowest BCUT2D eigenvalue weighted by Crippen LogP contribution is -2.39. The van der Waals surface area contributed by atoms with Crippen LogP contribution in [0.15, 0.2) is 16.0 Å². The molecule has 9 heteroatoms. The van der Waals surface area contributed by atoms with Crippen molar-refractivity contribution in [3.8, 4) is 0 Å². The molecule has 0 saturated heterocycles. The molecule has 0 atom stereocenters. The molecule has 9 nitrogen and oxygen atoms in total. The largest absolute Gasteiger partial charge is 0.356 e. The first-order valence-electron chi connectivity index (χ1n) is 10.5. The molecule has 0 aromatic carbocycles. The van der Waals surface area contributed by atoms with E-state index in [1.165, 1.54) is 5.56 Å². The van der Waals surface area contributed by atoms with Crippen LogP contribution in [-0.4, -0.2) is 55.6 Å². The van der Waals surface area contributed by atoms with E-state index in [1.54, 1.807) is 11.7 Å². The Morgan fingerprint density at radius 2 is 2.14 bits per heavy atom. The Balaban J connectivity index is 1.52. The van der Waals surface area contributed by atoms with Crippen LogP contribution < -0.4 is 11.0 Å². The summed E-state index contributed by atoms with van der Waals surface area (Å²) >= 11 is 0. The van der Waals surface area contributed by atoms with Gasteiger partial charge in [-0.2, -0.15) is 10.2 Å². The molecule has 2 aromatic rings. The number of aryl methyl sites for hydroxylation is 3. The average molecular weight is 403 g/mol. The SMILES string of the molecule is CN=C(NCCCn1nc2n(c1=O)CCCC2)N(C)Cc1cn(C)nc1C(C)C. The molecule has 0 aliphatic carbocycles. The van der Waals surface area contributed by atoms with Gasteiger partial charge in [0, 0.05) is 65.5 Å². The Hall–Kier alpha value is -2.58. The van der Waals surface area contributed by atoms with Crippen LogP contribution >= 0.6 is 0 Å². The number of fused-ring (bicyclic) bond motifs is 1. The Kier molecular flexibility index (Phi) is 6.76. The van der Waals surface area contributed by atoms with Crippen molar-refractivity contribution in [3.05, 3.63) is 33.8 Å². The summed E-state index contributed by atoms with van der Waals surface area (Å²) in [5.74, 6) is 2.15. The van der Waals surface area contributed by atoms with Crippen LogP contribution in [0, 0.1) is 0 Å². The fraction of sp³-hybridized carbons (Fsp3) is 0.700. The molecule has 0 bridgehead atoms. The minimum atomic E-state index is 0.0268.